The van der Waals surface area contributed by atoms with Crippen LogP contribution in [0, 0.1) is 23.7 Å². The molecule has 98 valence electrons. The van der Waals surface area contributed by atoms with E-state index in [0.717, 1.165) is 11.1 Å². The zero-order valence-corrected chi connectivity index (χ0v) is 10.8. The van der Waals surface area contributed by atoms with Crippen LogP contribution in [0.25, 0.3) is 0 Å². The quantitative estimate of drug-likeness (QED) is 0.499. The van der Waals surface area contributed by atoms with Crippen molar-refractivity contribution in [3.05, 3.63) is 59.7 Å². The highest BCUT2D eigenvalue weighted by Gasteiger charge is 1.92. The number of hydrogen-bond donors (Lipinski definition) is 3. The molecule has 3 heteroatoms. The largest absolute Gasteiger partial charge is 0.399 e. The molecule has 0 aliphatic carbocycles. The first kappa shape index (κ1) is 13.5. The van der Waals surface area contributed by atoms with Gasteiger partial charge in [-0.15, -0.1) is 0 Å². The first-order valence-corrected chi connectivity index (χ1v) is 6.06. The van der Waals surface area contributed by atoms with Gasteiger partial charge in [0, 0.05) is 22.5 Å². The van der Waals surface area contributed by atoms with Gasteiger partial charge in [-0.25, -0.2) is 0 Å². The van der Waals surface area contributed by atoms with Crippen molar-refractivity contribution in [1.29, 1.82) is 0 Å². The zero-order chi connectivity index (χ0) is 14.4. The van der Waals surface area contributed by atoms with E-state index >= 15 is 0 Å². The van der Waals surface area contributed by atoms with E-state index in [1.54, 1.807) is 48.5 Å². The van der Waals surface area contributed by atoms with Crippen LogP contribution in [-0.2, 0) is 0 Å². The highest BCUT2D eigenvalue weighted by atomic mass is 16.3. The van der Waals surface area contributed by atoms with Crippen LogP contribution in [-0.4, -0.2) is 11.2 Å². The summed E-state index contributed by atoms with van der Waals surface area (Å²) in [5.41, 5.74) is 14.1. The molecular formula is C17H14N2O. The molecule has 0 aromatic heterocycles. The Hall–Kier alpha value is -2.88. The van der Waals surface area contributed by atoms with E-state index in [1.807, 2.05) is 0 Å². The van der Waals surface area contributed by atoms with E-state index in [1.165, 1.54) is 0 Å². The molecule has 2 aromatic carbocycles. The predicted molar refractivity (Wildman–Crippen MR) is 81.5 cm³/mol. The van der Waals surface area contributed by atoms with Crippen LogP contribution in [0.5, 0.6) is 0 Å². The van der Waals surface area contributed by atoms with Gasteiger partial charge in [0.2, 0.25) is 0 Å². The summed E-state index contributed by atoms with van der Waals surface area (Å²) in [5, 5.41) is 9.68. The molecule has 0 saturated heterocycles. The van der Waals surface area contributed by atoms with Crippen LogP contribution in [0.2, 0.25) is 0 Å². The summed E-state index contributed by atoms with van der Waals surface area (Å²) in [6, 6.07) is 14.2. The van der Waals surface area contributed by atoms with E-state index in [9.17, 15) is 5.11 Å². The number of aliphatic hydroxyl groups excluding tert-OH is 1. The van der Waals surface area contributed by atoms with Crippen molar-refractivity contribution in [3.63, 3.8) is 0 Å². The Morgan fingerprint density at radius 1 is 0.700 bits per heavy atom. The highest BCUT2D eigenvalue weighted by molar-refractivity contribution is 5.47. The molecule has 0 amide bonds. The number of hydrogen-bond acceptors (Lipinski definition) is 3. The zero-order valence-electron chi connectivity index (χ0n) is 10.8. The van der Waals surface area contributed by atoms with Crippen molar-refractivity contribution in [2.24, 2.45) is 0 Å². The fourth-order valence-corrected chi connectivity index (χ4v) is 1.47. The molecule has 0 spiro atoms. The molecule has 0 saturated carbocycles. The summed E-state index contributed by atoms with van der Waals surface area (Å²) in [6.07, 6.45) is -0.995. The lowest BCUT2D eigenvalue weighted by Gasteiger charge is -1.94. The molecule has 0 radical (unpaired) electrons. The Kier molecular flexibility index (Phi) is 4.29. The Morgan fingerprint density at radius 3 is 1.40 bits per heavy atom. The summed E-state index contributed by atoms with van der Waals surface area (Å²) >= 11 is 0. The molecule has 0 unspecified atom stereocenters. The Labute approximate surface area is 118 Å². The van der Waals surface area contributed by atoms with Crippen molar-refractivity contribution in [2.75, 3.05) is 11.5 Å². The fourth-order valence-electron chi connectivity index (χ4n) is 1.47. The third kappa shape index (κ3) is 4.10. The van der Waals surface area contributed by atoms with Gasteiger partial charge in [-0.3, -0.25) is 0 Å². The average molecular weight is 262 g/mol. The molecule has 0 aliphatic rings. The molecular weight excluding hydrogens is 248 g/mol. The summed E-state index contributed by atoms with van der Waals surface area (Å²) in [5.74, 6) is 11.0. The maximum atomic E-state index is 9.68. The van der Waals surface area contributed by atoms with Crippen LogP contribution >= 0.6 is 0 Å². The summed E-state index contributed by atoms with van der Waals surface area (Å²) in [7, 11) is 0. The van der Waals surface area contributed by atoms with Gasteiger partial charge in [0.1, 0.15) is 0 Å². The first-order valence-electron chi connectivity index (χ1n) is 6.06. The van der Waals surface area contributed by atoms with E-state index in [2.05, 4.69) is 23.7 Å². The van der Waals surface area contributed by atoms with Crippen LogP contribution in [0.3, 0.4) is 0 Å². The minimum atomic E-state index is -0.995. The van der Waals surface area contributed by atoms with Crippen LogP contribution in [0.1, 0.15) is 11.1 Å². The molecule has 0 heterocycles. The number of rotatable bonds is 0. The lowest BCUT2D eigenvalue weighted by atomic mass is 10.2. The van der Waals surface area contributed by atoms with Gasteiger partial charge in [-0.2, -0.15) is 0 Å². The number of anilines is 2. The van der Waals surface area contributed by atoms with Crippen LogP contribution in [0.4, 0.5) is 11.4 Å². The minimum absolute atomic E-state index is 0.680. The lowest BCUT2D eigenvalue weighted by molar-refractivity contribution is 0.289. The van der Waals surface area contributed by atoms with E-state index in [0.29, 0.717) is 11.4 Å². The molecule has 0 bridgehead atoms. The van der Waals surface area contributed by atoms with Gasteiger partial charge < -0.3 is 16.6 Å². The minimum Gasteiger partial charge on any atom is -0.399 e. The third-order valence-electron chi connectivity index (χ3n) is 2.53. The van der Waals surface area contributed by atoms with Crippen molar-refractivity contribution >= 4 is 11.4 Å². The third-order valence-corrected chi connectivity index (χ3v) is 2.53. The molecule has 5 N–H and O–H groups in total. The first-order chi connectivity index (χ1) is 9.63. The van der Waals surface area contributed by atoms with Gasteiger partial charge in [0.15, 0.2) is 6.10 Å². The van der Waals surface area contributed by atoms with Crippen molar-refractivity contribution in [3.8, 4) is 23.7 Å². The lowest BCUT2D eigenvalue weighted by Crippen LogP contribution is -1.98. The SMILES string of the molecule is Nc1ccc(C#CC(O)C#Cc2ccc(N)cc2)cc1. The summed E-state index contributed by atoms with van der Waals surface area (Å²) in [6.45, 7) is 0. The molecule has 3 nitrogen and oxygen atoms in total. The predicted octanol–water partition coefficient (Wildman–Crippen LogP) is 1.62. The van der Waals surface area contributed by atoms with Gasteiger partial charge in [0.05, 0.1) is 0 Å². The maximum absolute atomic E-state index is 9.68. The summed E-state index contributed by atoms with van der Waals surface area (Å²) in [4.78, 5) is 0. The molecule has 0 atom stereocenters. The van der Waals surface area contributed by atoms with Crippen molar-refractivity contribution in [2.45, 2.75) is 6.10 Å². The normalized spacial score (nSPS) is 9.30. The van der Waals surface area contributed by atoms with Gasteiger partial charge in [-0.1, -0.05) is 23.7 Å². The molecule has 2 rings (SSSR count). The van der Waals surface area contributed by atoms with Gasteiger partial charge in [0.25, 0.3) is 0 Å². The fraction of sp³-hybridized carbons (Fsp3) is 0.0588. The standard InChI is InChI=1S/C17H14N2O/c18-15-7-1-13(2-8-15)5-11-17(20)12-6-14-3-9-16(19)10-4-14/h1-4,7-10,17,20H,18-19H2. The maximum Gasteiger partial charge on any atom is 0.177 e. The molecule has 0 fully saturated rings. The number of benzene rings is 2. The van der Waals surface area contributed by atoms with E-state index < -0.39 is 6.10 Å². The number of nitrogen functional groups attached to an aromatic ring is 2. The van der Waals surface area contributed by atoms with E-state index in [-0.39, 0.29) is 0 Å². The number of nitrogens with two attached hydrogens (primary N) is 2. The Balaban J connectivity index is 2.05. The van der Waals surface area contributed by atoms with E-state index in [4.69, 9.17) is 11.5 Å². The second-order valence-electron chi connectivity index (χ2n) is 4.19. The summed E-state index contributed by atoms with van der Waals surface area (Å²) < 4.78 is 0. The molecule has 2 aromatic rings. The van der Waals surface area contributed by atoms with Crippen molar-refractivity contribution in [1.82, 2.24) is 0 Å². The average Bonchev–Trinajstić information content (AvgIpc) is 2.46. The number of aliphatic hydroxyl groups is 1. The molecule has 20 heavy (non-hydrogen) atoms. The monoisotopic (exact) mass is 262 g/mol. The topological polar surface area (TPSA) is 72.3 Å². The smallest absolute Gasteiger partial charge is 0.177 e. The van der Waals surface area contributed by atoms with Crippen LogP contribution < -0.4 is 11.5 Å². The molecule has 0 aliphatic heterocycles. The second-order valence-corrected chi connectivity index (χ2v) is 4.19. The Morgan fingerprint density at radius 2 is 1.05 bits per heavy atom. The highest BCUT2D eigenvalue weighted by Crippen LogP contribution is 2.04. The van der Waals surface area contributed by atoms with Crippen molar-refractivity contribution < 1.29 is 5.11 Å². The Bertz CT molecular complexity index is 632. The second kappa shape index (κ2) is 6.33. The van der Waals surface area contributed by atoms with Crippen LogP contribution in [0.15, 0.2) is 48.5 Å². The van der Waals surface area contributed by atoms with Gasteiger partial charge >= 0.3 is 0 Å². The van der Waals surface area contributed by atoms with Gasteiger partial charge in [-0.05, 0) is 48.5 Å².